The molecule has 1 aliphatic rings. The Balaban J connectivity index is 2.25. The summed E-state index contributed by atoms with van der Waals surface area (Å²) < 4.78 is 11.3. The van der Waals surface area contributed by atoms with Gasteiger partial charge >= 0.3 is 0 Å². The molecule has 9 heteroatoms. The van der Waals surface area contributed by atoms with Crippen molar-refractivity contribution < 1.29 is 39.8 Å². The highest BCUT2D eigenvalue weighted by atomic mass is 16.7. The summed E-state index contributed by atoms with van der Waals surface area (Å²) in [6.45, 7) is 3.72. The molecule has 1 heterocycles. The lowest BCUT2D eigenvalue weighted by atomic mass is 9.99. The van der Waals surface area contributed by atoms with Crippen LogP contribution in [-0.4, -0.2) is 87.5 Å². The van der Waals surface area contributed by atoms with Gasteiger partial charge in [0.05, 0.1) is 25.4 Å². The van der Waals surface area contributed by atoms with Crippen LogP contribution in [0.3, 0.4) is 0 Å². The molecule has 7 atom stereocenters. The van der Waals surface area contributed by atoms with E-state index < -0.39 is 49.5 Å². The Morgan fingerprint density at radius 1 is 0.486 bits per heavy atom. The van der Waals surface area contributed by atoms with Crippen molar-refractivity contribution in [2.75, 3.05) is 13.2 Å². The zero-order valence-electron chi connectivity index (χ0n) is 46.2. The van der Waals surface area contributed by atoms with Crippen LogP contribution in [0.15, 0.2) is 85.1 Å². The molecule has 7 unspecified atom stereocenters. The molecule has 0 bridgehead atoms. The van der Waals surface area contributed by atoms with Gasteiger partial charge in [0.2, 0.25) is 5.91 Å². The second-order valence-corrected chi connectivity index (χ2v) is 20.4. The van der Waals surface area contributed by atoms with Gasteiger partial charge in [-0.05, 0) is 70.6 Å². The molecule has 1 aliphatic heterocycles. The highest BCUT2D eigenvalue weighted by molar-refractivity contribution is 5.76. The molecule has 0 aliphatic carbocycles. The molecular formula is C63H111NO8. The molecule has 1 saturated heterocycles. The summed E-state index contributed by atoms with van der Waals surface area (Å²) in [6, 6.07) is -0.744. The van der Waals surface area contributed by atoms with Gasteiger partial charge in [-0.25, -0.2) is 0 Å². The van der Waals surface area contributed by atoms with Crippen LogP contribution in [0.1, 0.15) is 251 Å². The Hall–Kier alpha value is -2.63. The Morgan fingerprint density at radius 2 is 0.861 bits per heavy atom. The number of amides is 1. The van der Waals surface area contributed by atoms with E-state index in [9.17, 15) is 30.3 Å². The lowest BCUT2D eigenvalue weighted by molar-refractivity contribution is -0.302. The van der Waals surface area contributed by atoms with E-state index in [4.69, 9.17) is 9.47 Å². The minimum Gasteiger partial charge on any atom is -0.394 e. The average molecular weight is 1010 g/mol. The maximum absolute atomic E-state index is 13.1. The molecule has 1 amide bonds. The van der Waals surface area contributed by atoms with Crippen LogP contribution in [0.4, 0.5) is 0 Å². The van der Waals surface area contributed by atoms with Crippen LogP contribution in [0.2, 0.25) is 0 Å². The van der Waals surface area contributed by atoms with Gasteiger partial charge in [0, 0.05) is 6.42 Å². The molecule has 0 saturated carbocycles. The molecule has 72 heavy (non-hydrogen) atoms. The van der Waals surface area contributed by atoms with Gasteiger partial charge in [0.15, 0.2) is 6.29 Å². The Labute approximate surface area is 441 Å². The van der Waals surface area contributed by atoms with Crippen LogP contribution < -0.4 is 5.32 Å². The van der Waals surface area contributed by atoms with Crippen molar-refractivity contribution in [3.63, 3.8) is 0 Å². The molecule has 0 radical (unpaired) electrons. The van der Waals surface area contributed by atoms with Crippen molar-refractivity contribution in [1.29, 1.82) is 0 Å². The quantitative estimate of drug-likeness (QED) is 0.0261. The fourth-order valence-corrected chi connectivity index (χ4v) is 9.08. The van der Waals surface area contributed by atoms with Gasteiger partial charge in [-0.1, -0.05) is 259 Å². The van der Waals surface area contributed by atoms with Gasteiger partial charge in [-0.3, -0.25) is 4.79 Å². The first-order chi connectivity index (χ1) is 35.3. The summed E-state index contributed by atoms with van der Waals surface area (Å²) in [5, 5.41) is 54.7. The fraction of sp³-hybridized carbons (Fsp3) is 0.762. The third-order valence-corrected chi connectivity index (χ3v) is 13.8. The van der Waals surface area contributed by atoms with E-state index in [0.717, 1.165) is 89.9 Å². The topological polar surface area (TPSA) is 149 Å². The molecule has 416 valence electrons. The normalized spacial score (nSPS) is 19.8. The van der Waals surface area contributed by atoms with Gasteiger partial charge in [-0.15, -0.1) is 0 Å². The zero-order chi connectivity index (χ0) is 52.2. The molecule has 0 aromatic carbocycles. The molecule has 0 aromatic rings. The van der Waals surface area contributed by atoms with Crippen molar-refractivity contribution in [1.82, 2.24) is 5.32 Å². The van der Waals surface area contributed by atoms with Crippen LogP contribution in [0.5, 0.6) is 0 Å². The molecular weight excluding hydrogens is 899 g/mol. The predicted molar refractivity (Wildman–Crippen MR) is 304 cm³/mol. The second-order valence-electron chi connectivity index (χ2n) is 20.4. The van der Waals surface area contributed by atoms with E-state index in [1.165, 1.54) is 135 Å². The van der Waals surface area contributed by atoms with E-state index in [1.807, 2.05) is 0 Å². The van der Waals surface area contributed by atoms with Gasteiger partial charge in [0.25, 0.3) is 0 Å². The first kappa shape index (κ1) is 67.4. The molecule has 9 nitrogen and oxygen atoms in total. The van der Waals surface area contributed by atoms with Gasteiger partial charge < -0.3 is 40.3 Å². The number of allylic oxidation sites excluding steroid dienone is 14. The fourth-order valence-electron chi connectivity index (χ4n) is 9.08. The van der Waals surface area contributed by atoms with E-state index in [1.54, 1.807) is 0 Å². The van der Waals surface area contributed by atoms with E-state index in [0.29, 0.717) is 12.8 Å². The minimum atomic E-state index is -1.57. The largest absolute Gasteiger partial charge is 0.394 e. The molecule has 0 aromatic heterocycles. The van der Waals surface area contributed by atoms with Gasteiger partial charge in [-0.2, -0.15) is 0 Å². The summed E-state index contributed by atoms with van der Waals surface area (Å²) in [6.07, 6.45) is 66.1. The van der Waals surface area contributed by atoms with Crippen LogP contribution in [0, 0.1) is 0 Å². The van der Waals surface area contributed by atoms with Crippen molar-refractivity contribution in [3.8, 4) is 0 Å². The maximum Gasteiger partial charge on any atom is 0.220 e. The van der Waals surface area contributed by atoms with E-state index in [-0.39, 0.29) is 12.5 Å². The minimum absolute atomic E-state index is 0.156. The molecule has 0 spiro atoms. The number of hydrogen-bond acceptors (Lipinski definition) is 8. The first-order valence-electron chi connectivity index (χ1n) is 29.8. The summed E-state index contributed by atoms with van der Waals surface area (Å²) in [5.41, 5.74) is 0. The average Bonchev–Trinajstić information content (AvgIpc) is 3.38. The number of aliphatic hydroxyl groups is 5. The van der Waals surface area contributed by atoms with Crippen LogP contribution in [0.25, 0.3) is 0 Å². The number of nitrogens with one attached hydrogen (secondary N) is 1. The first-order valence-corrected chi connectivity index (χ1v) is 29.8. The second kappa shape index (κ2) is 51.8. The smallest absolute Gasteiger partial charge is 0.220 e. The van der Waals surface area contributed by atoms with Gasteiger partial charge in [0.1, 0.15) is 24.4 Å². The number of rotatable bonds is 50. The third kappa shape index (κ3) is 40.7. The number of carbonyl (C=O) groups is 1. The number of aliphatic hydroxyl groups excluding tert-OH is 5. The van der Waals surface area contributed by atoms with Crippen molar-refractivity contribution >= 4 is 5.91 Å². The van der Waals surface area contributed by atoms with Crippen molar-refractivity contribution in [2.24, 2.45) is 0 Å². The number of hydrogen-bond donors (Lipinski definition) is 6. The van der Waals surface area contributed by atoms with E-state index in [2.05, 4.69) is 104 Å². The number of unbranched alkanes of at least 4 members (excludes halogenated alkanes) is 26. The molecule has 1 fully saturated rings. The number of carbonyl (C=O) groups excluding carboxylic acids is 1. The third-order valence-electron chi connectivity index (χ3n) is 13.8. The molecule has 6 N–H and O–H groups in total. The summed E-state index contributed by atoms with van der Waals surface area (Å²) >= 11 is 0. The highest BCUT2D eigenvalue weighted by Gasteiger charge is 2.44. The number of ether oxygens (including phenoxy) is 2. The highest BCUT2D eigenvalue weighted by Crippen LogP contribution is 2.23. The molecule has 1 rings (SSSR count). The lowest BCUT2D eigenvalue weighted by Gasteiger charge is -2.40. The summed E-state index contributed by atoms with van der Waals surface area (Å²) in [7, 11) is 0. The Bertz CT molecular complexity index is 1400. The van der Waals surface area contributed by atoms with Crippen LogP contribution >= 0.6 is 0 Å². The van der Waals surface area contributed by atoms with Crippen molar-refractivity contribution in [3.05, 3.63) is 85.1 Å². The van der Waals surface area contributed by atoms with Crippen LogP contribution in [-0.2, 0) is 14.3 Å². The maximum atomic E-state index is 13.1. The zero-order valence-corrected chi connectivity index (χ0v) is 46.2. The summed E-state index contributed by atoms with van der Waals surface area (Å²) in [5.74, 6) is -0.177. The monoisotopic (exact) mass is 1010 g/mol. The predicted octanol–water partition coefficient (Wildman–Crippen LogP) is 15.0. The summed E-state index contributed by atoms with van der Waals surface area (Å²) in [4.78, 5) is 13.1. The van der Waals surface area contributed by atoms with E-state index >= 15 is 0 Å². The lowest BCUT2D eigenvalue weighted by Crippen LogP contribution is -2.60. The SMILES string of the molecule is CC/C=C\C/C=C\C/C=C\C/C=C\C/C=C\C/C=C\C/C=C\CCCCCC(=O)NC(COC1OC(CO)C(O)C(O)C1O)C(O)CCCCCCCCCCCCCCCCCCCCCCCCCC. The van der Waals surface area contributed by atoms with Crippen molar-refractivity contribution in [2.45, 2.75) is 294 Å². The Morgan fingerprint density at radius 3 is 1.26 bits per heavy atom. The standard InChI is InChI=1S/C63H111NO8/c1-3-5-7-9-11-13-15-17-19-21-23-25-27-29-31-33-35-37-39-41-43-45-47-49-51-53-59(67)64-56(55-71-63-62(70)61(69)60(68)58(54-65)72-63)57(66)52-50-48-46-44-42-40-38-36-34-32-30-28-26-24-22-20-18-16-14-12-10-8-6-4-2/h5,7,11,13,17,19,23,25,29,31,35,37,41,43,56-58,60-63,65-66,68-70H,3-4,6,8-10,12,14-16,18,20-22,24,26-28,30,32-34,36,38-40,42,44-55H2,1-2H3,(H,64,67)/b7-5-,13-11-,19-17-,25-23-,31-29-,37-35-,43-41-. The Kier molecular flexibility index (Phi) is 48.5.